The first-order valence-electron chi connectivity index (χ1n) is 7.47. The number of amides is 2. The Morgan fingerprint density at radius 1 is 1.12 bits per heavy atom. The third kappa shape index (κ3) is 5.06. The number of thioether (sulfide) groups is 1. The molecule has 0 unspecified atom stereocenters. The van der Waals surface area contributed by atoms with E-state index >= 15 is 0 Å². The van der Waals surface area contributed by atoms with Gasteiger partial charge in [-0.25, -0.2) is 9.97 Å². The van der Waals surface area contributed by atoms with Crippen LogP contribution in [0.25, 0.3) is 0 Å². The summed E-state index contributed by atoms with van der Waals surface area (Å²) < 4.78 is 0. The molecule has 0 aliphatic heterocycles. The second kappa shape index (κ2) is 8.44. The van der Waals surface area contributed by atoms with Crippen LogP contribution in [0.5, 0.6) is 0 Å². The number of nitrogens with zero attached hydrogens (tertiary/aromatic N) is 3. The lowest BCUT2D eigenvalue weighted by molar-refractivity contribution is -0.131. The lowest BCUT2D eigenvalue weighted by atomic mass is 10.1. The average Bonchev–Trinajstić information content (AvgIpc) is 2.57. The van der Waals surface area contributed by atoms with Crippen LogP contribution in [0.15, 0.2) is 41.8 Å². The van der Waals surface area contributed by atoms with Crippen LogP contribution >= 0.6 is 11.8 Å². The van der Waals surface area contributed by atoms with Gasteiger partial charge in [-0.1, -0.05) is 30.0 Å². The van der Waals surface area contributed by atoms with Gasteiger partial charge >= 0.3 is 0 Å². The zero-order valence-electron chi connectivity index (χ0n) is 13.9. The summed E-state index contributed by atoms with van der Waals surface area (Å²) in [5, 5.41) is 3.41. The number of carbonyl (C=O) groups is 2. The second-order valence-corrected chi connectivity index (χ2v) is 6.33. The van der Waals surface area contributed by atoms with Crippen molar-refractivity contribution < 1.29 is 9.59 Å². The van der Waals surface area contributed by atoms with Gasteiger partial charge in [-0.2, -0.15) is 0 Å². The quantitative estimate of drug-likeness (QED) is 0.643. The van der Waals surface area contributed by atoms with Gasteiger partial charge in [0, 0.05) is 25.1 Å². The number of para-hydroxylation sites is 1. The molecule has 7 heteroatoms. The van der Waals surface area contributed by atoms with Crippen LogP contribution in [0.2, 0.25) is 0 Å². The minimum Gasteiger partial charge on any atom is -0.336 e. The highest BCUT2D eigenvalue weighted by Crippen LogP contribution is 2.19. The molecule has 2 rings (SSSR count). The summed E-state index contributed by atoms with van der Waals surface area (Å²) in [6, 6.07) is 7.54. The lowest BCUT2D eigenvalue weighted by Crippen LogP contribution is -2.36. The third-order valence-corrected chi connectivity index (χ3v) is 4.28. The number of aromatic nitrogens is 2. The third-order valence-electron chi connectivity index (χ3n) is 3.42. The van der Waals surface area contributed by atoms with Crippen LogP contribution in [0.3, 0.4) is 0 Å². The number of benzene rings is 1. The summed E-state index contributed by atoms with van der Waals surface area (Å²) in [6.07, 6.45) is 3.25. The highest BCUT2D eigenvalue weighted by Gasteiger charge is 2.15. The van der Waals surface area contributed by atoms with Crippen molar-refractivity contribution >= 4 is 29.3 Å². The Bertz CT molecular complexity index is 702. The van der Waals surface area contributed by atoms with Crippen LogP contribution in [-0.2, 0) is 9.59 Å². The van der Waals surface area contributed by atoms with Crippen molar-refractivity contribution in [3.63, 3.8) is 0 Å². The van der Waals surface area contributed by atoms with Crippen molar-refractivity contribution in [2.24, 2.45) is 0 Å². The van der Waals surface area contributed by atoms with Gasteiger partial charge in [0.15, 0.2) is 5.16 Å². The summed E-state index contributed by atoms with van der Waals surface area (Å²) in [4.78, 5) is 33.8. The number of anilines is 1. The first-order chi connectivity index (χ1) is 11.5. The van der Waals surface area contributed by atoms with Crippen molar-refractivity contribution in [1.82, 2.24) is 14.9 Å². The topological polar surface area (TPSA) is 75.2 Å². The number of likely N-dealkylation sites (N-methyl/N-ethyl adjacent to an activating group) is 1. The van der Waals surface area contributed by atoms with Gasteiger partial charge in [0.1, 0.15) is 0 Å². The molecule has 0 fully saturated rings. The number of aryl methyl sites for hydroxylation is 2. The lowest BCUT2D eigenvalue weighted by Gasteiger charge is -2.17. The van der Waals surface area contributed by atoms with Gasteiger partial charge in [0.05, 0.1) is 12.3 Å². The van der Waals surface area contributed by atoms with Gasteiger partial charge in [-0.05, 0) is 31.0 Å². The Morgan fingerprint density at radius 2 is 1.75 bits per heavy atom. The van der Waals surface area contributed by atoms with Crippen LogP contribution in [-0.4, -0.2) is 46.0 Å². The van der Waals surface area contributed by atoms with Gasteiger partial charge in [-0.15, -0.1) is 0 Å². The van der Waals surface area contributed by atoms with E-state index in [0.29, 0.717) is 5.16 Å². The van der Waals surface area contributed by atoms with Crippen LogP contribution in [0.4, 0.5) is 5.69 Å². The van der Waals surface area contributed by atoms with E-state index in [0.717, 1.165) is 16.8 Å². The highest BCUT2D eigenvalue weighted by molar-refractivity contribution is 7.99. The molecule has 0 saturated carbocycles. The molecule has 6 nitrogen and oxygen atoms in total. The minimum atomic E-state index is -0.218. The number of hydrogen-bond acceptors (Lipinski definition) is 5. The molecule has 24 heavy (non-hydrogen) atoms. The van der Waals surface area contributed by atoms with Crippen molar-refractivity contribution in [3.05, 3.63) is 47.8 Å². The SMILES string of the molecule is Cc1cccc(C)c1NC(=O)CN(C)C(=O)CSc1ncccn1. The molecule has 2 aromatic rings. The molecular formula is C17H20N4O2S. The summed E-state index contributed by atoms with van der Waals surface area (Å²) in [6.45, 7) is 3.88. The molecule has 1 heterocycles. The Balaban J connectivity index is 1.85. The first-order valence-corrected chi connectivity index (χ1v) is 8.46. The molecule has 0 aliphatic rings. The van der Waals surface area contributed by atoms with E-state index in [1.165, 1.54) is 16.7 Å². The zero-order chi connectivity index (χ0) is 17.5. The Labute approximate surface area is 145 Å². The maximum absolute atomic E-state index is 12.2. The van der Waals surface area contributed by atoms with Crippen LogP contribution in [0, 0.1) is 13.8 Å². The van der Waals surface area contributed by atoms with E-state index in [-0.39, 0.29) is 24.1 Å². The fraction of sp³-hybridized carbons (Fsp3) is 0.294. The molecule has 1 N–H and O–H groups in total. The number of nitrogens with one attached hydrogen (secondary N) is 1. The van der Waals surface area contributed by atoms with Crippen LogP contribution in [0.1, 0.15) is 11.1 Å². The summed E-state index contributed by atoms with van der Waals surface area (Å²) in [7, 11) is 1.61. The molecule has 0 atom stereocenters. The number of carbonyl (C=O) groups excluding carboxylic acids is 2. The molecule has 2 amide bonds. The van der Waals surface area contributed by atoms with E-state index < -0.39 is 0 Å². The molecule has 126 valence electrons. The second-order valence-electron chi connectivity index (χ2n) is 5.38. The monoisotopic (exact) mass is 344 g/mol. The Kier molecular flexibility index (Phi) is 6.31. The smallest absolute Gasteiger partial charge is 0.243 e. The average molecular weight is 344 g/mol. The molecule has 0 aliphatic carbocycles. The molecule has 0 bridgehead atoms. The summed E-state index contributed by atoms with van der Waals surface area (Å²) in [5.41, 5.74) is 2.79. The summed E-state index contributed by atoms with van der Waals surface area (Å²) >= 11 is 1.25. The Hall–Kier alpha value is -2.41. The van der Waals surface area contributed by atoms with Gasteiger partial charge in [-0.3, -0.25) is 9.59 Å². The van der Waals surface area contributed by atoms with Crippen molar-refractivity contribution in [2.75, 3.05) is 24.7 Å². The van der Waals surface area contributed by atoms with Crippen LogP contribution < -0.4 is 5.32 Å². The van der Waals surface area contributed by atoms with Gasteiger partial charge in [0.2, 0.25) is 11.8 Å². The molecule has 0 saturated heterocycles. The zero-order valence-corrected chi connectivity index (χ0v) is 14.8. The normalized spacial score (nSPS) is 10.3. The predicted molar refractivity (Wildman–Crippen MR) is 94.9 cm³/mol. The summed E-state index contributed by atoms with van der Waals surface area (Å²) in [5.74, 6) is -0.176. The fourth-order valence-electron chi connectivity index (χ4n) is 2.09. The van der Waals surface area contributed by atoms with E-state index in [1.54, 1.807) is 25.5 Å². The van der Waals surface area contributed by atoms with E-state index in [4.69, 9.17) is 0 Å². The molecule has 0 spiro atoms. The fourth-order valence-corrected chi connectivity index (χ4v) is 2.83. The van der Waals surface area contributed by atoms with Gasteiger partial charge in [0.25, 0.3) is 0 Å². The number of hydrogen-bond donors (Lipinski definition) is 1. The molecule has 1 aromatic carbocycles. The van der Waals surface area contributed by atoms with Crippen molar-refractivity contribution in [1.29, 1.82) is 0 Å². The molecule has 1 aromatic heterocycles. The van der Waals surface area contributed by atoms with Crippen molar-refractivity contribution in [3.8, 4) is 0 Å². The van der Waals surface area contributed by atoms with Crippen molar-refractivity contribution in [2.45, 2.75) is 19.0 Å². The highest BCUT2D eigenvalue weighted by atomic mass is 32.2. The first kappa shape index (κ1) is 17.9. The predicted octanol–water partition coefficient (Wildman–Crippen LogP) is 2.28. The van der Waals surface area contributed by atoms with E-state index in [1.807, 2.05) is 32.0 Å². The maximum Gasteiger partial charge on any atom is 0.243 e. The number of rotatable bonds is 6. The molecule has 0 radical (unpaired) electrons. The molecular weight excluding hydrogens is 324 g/mol. The standard InChI is InChI=1S/C17H20N4O2S/c1-12-6-4-7-13(2)16(12)20-14(22)10-21(3)15(23)11-24-17-18-8-5-9-19-17/h4-9H,10-11H2,1-3H3,(H,20,22). The largest absolute Gasteiger partial charge is 0.336 e. The maximum atomic E-state index is 12.2. The van der Waals surface area contributed by atoms with Gasteiger partial charge < -0.3 is 10.2 Å². The Morgan fingerprint density at radius 3 is 2.38 bits per heavy atom. The van der Waals surface area contributed by atoms with E-state index in [9.17, 15) is 9.59 Å². The van der Waals surface area contributed by atoms with E-state index in [2.05, 4.69) is 15.3 Å². The minimum absolute atomic E-state index is 0.00279.